The van der Waals surface area contributed by atoms with Gasteiger partial charge in [0.2, 0.25) is 5.91 Å². The zero-order valence-corrected chi connectivity index (χ0v) is 31.8. The van der Waals surface area contributed by atoms with E-state index in [4.69, 9.17) is 4.74 Å². The number of nitrogens with zero attached hydrogens (tertiary/aromatic N) is 5. The Balaban J connectivity index is 1.05. The molecule has 2 aromatic carbocycles. The zero-order chi connectivity index (χ0) is 36.1. The highest BCUT2D eigenvalue weighted by Gasteiger charge is 2.36. The summed E-state index contributed by atoms with van der Waals surface area (Å²) < 4.78 is 6.11. The fraction of sp³-hybridized carbons (Fsp3) is 0.579. The SMILES string of the molecule is CCOC(=O)CN1CCN(C2CCN(C(=O)C(Cc3cc(C)c(C)c(Br)c3)NC(=O)N3CCC(N4Cc5ccccc5NC4=O)CC3)CC2)CC1. The standard InChI is InChI=1S/C38H52BrN7O5/c1-4-51-35(47)25-42-17-19-43(20-18-42)30-9-13-44(14-10-30)36(48)34(23-28-21-26(2)27(3)32(39)22-28)41-37(49)45-15-11-31(12-16-45)46-24-29-7-5-6-8-33(29)40-38(46)50/h5-8,21-22,30-31,34H,4,9-20,23-25H2,1-3H3,(H,40,50)(H,41,49). The van der Waals surface area contributed by atoms with Gasteiger partial charge in [0.1, 0.15) is 6.04 Å². The molecule has 51 heavy (non-hydrogen) atoms. The third-order valence-corrected chi connectivity index (χ3v) is 11.9. The molecule has 4 heterocycles. The molecule has 0 aromatic heterocycles. The van der Waals surface area contributed by atoms with E-state index in [9.17, 15) is 19.2 Å². The highest BCUT2D eigenvalue weighted by atomic mass is 79.9. The second-order valence-corrected chi connectivity index (χ2v) is 15.2. The number of halogens is 1. The molecule has 0 spiro atoms. The van der Waals surface area contributed by atoms with Crippen molar-refractivity contribution in [2.24, 2.45) is 0 Å². The number of anilines is 1. The maximum Gasteiger partial charge on any atom is 0.322 e. The number of piperazine rings is 1. The van der Waals surface area contributed by atoms with Crippen LogP contribution >= 0.6 is 15.9 Å². The average molecular weight is 767 g/mol. The number of ether oxygens (including phenoxy) is 1. The van der Waals surface area contributed by atoms with Gasteiger partial charge >= 0.3 is 18.0 Å². The van der Waals surface area contributed by atoms with E-state index in [0.717, 1.165) is 71.4 Å². The molecule has 13 heteroatoms. The molecule has 0 saturated carbocycles. The lowest BCUT2D eigenvalue weighted by Crippen LogP contribution is -2.58. The van der Waals surface area contributed by atoms with Crippen molar-refractivity contribution in [3.05, 3.63) is 63.1 Å². The van der Waals surface area contributed by atoms with Crippen LogP contribution in [0.15, 0.2) is 40.9 Å². The highest BCUT2D eigenvalue weighted by Crippen LogP contribution is 2.28. The summed E-state index contributed by atoms with van der Waals surface area (Å²) in [6, 6.07) is 11.4. The van der Waals surface area contributed by atoms with E-state index in [1.165, 1.54) is 0 Å². The van der Waals surface area contributed by atoms with Crippen LogP contribution in [0, 0.1) is 13.8 Å². The van der Waals surface area contributed by atoms with Crippen molar-refractivity contribution < 1.29 is 23.9 Å². The molecule has 3 saturated heterocycles. The van der Waals surface area contributed by atoms with E-state index in [1.54, 1.807) is 4.90 Å². The molecule has 0 bridgehead atoms. The van der Waals surface area contributed by atoms with E-state index < -0.39 is 6.04 Å². The molecule has 3 fully saturated rings. The Kier molecular flexibility index (Phi) is 12.2. The molecule has 1 atom stereocenters. The number of hydrogen-bond acceptors (Lipinski definition) is 7. The maximum atomic E-state index is 14.2. The second kappa shape index (κ2) is 16.8. The van der Waals surface area contributed by atoms with Crippen molar-refractivity contribution in [1.82, 2.24) is 29.8 Å². The largest absolute Gasteiger partial charge is 0.465 e. The van der Waals surface area contributed by atoms with Crippen molar-refractivity contribution in [3.63, 3.8) is 0 Å². The topological polar surface area (TPSA) is 118 Å². The number of para-hydroxylation sites is 1. The van der Waals surface area contributed by atoms with E-state index in [0.29, 0.717) is 71.2 Å². The summed E-state index contributed by atoms with van der Waals surface area (Å²) in [7, 11) is 0. The molecular formula is C38H52BrN7O5. The van der Waals surface area contributed by atoms with Crippen molar-refractivity contribution >= 4 is 45.6 Å². The van der Waals surface area contributed by atoms with Gasteiger partial charge in [0.15, 0.2) is 0 Å². The Bertz CT molecular complexity index is 1560. The third-order valence-electron chi connectivity index (χ3n) is 11.1. The number of rotatable bonds is 9. The van der Waals surface area contributed by atoms with Gasteiger partial charge in [-0.25, -0.2) is 9.59 Å². The molecule has 2 N–H and O–H groups in total. The first-order valence-electron chi connectivity index (χ1n) is 18.5. The summed E-state index contributed by atoms with van der Waals surface area (Å²) in [6.45, 7) is 13.0. The van der Waals surface area contributed by atoms with Crippen molar-refractivity contribution in [1.29, 1.82) is 0 Å². The van der Waals surface area contributed by atoms with Crippen LogP contribution in [-0.4, -0.2) is 132 Å². The predicted octanol–water partition coefficient (Wildman–Crippen LogP) is 4.37. The average Bonchev–Trinajstić information content (AvgIpc) is 3.13. The van der Waals surface area contributed by atoms with Crippen LogP contribution in [0.1, 0.15) is 54.9 Å². The van der Waals surface area contributed by atoms with Gasteiger partial charge in [-0.2, -0.15) is 0 Å². The molecule has 0 radical (unpaired) electrons. The summed E-state index contributed by atoms with van der Waals surface area (Å²) in [5.74, 6) is -0.219. The van der Waals surface area contributed by atoms with E-state index in [2.05, 4.69) is 62.3 Å². The number of piperidine rings is 2. The molecule has 2 aromatic rings. The van der Waals surface area contributed by atoms with Crippen LogP contribution in [0.3, 0.4) is 0 Å². The quantitative estimate of drug-likeness (QED) is 0.365. The molecule has 5 amide bonds. The fourth-order valence-electron chi connectivity index (χ4n) is 7.93. The first-order valence-corrected chi connectivity index (χ1v) is 19.3. The molecule has 4 aliphatic rings. The van der Waals surface area contributed by atoms with Crippen molar-refractivity contribution in [2.45, 2.75) is 77.5 Å². The molecule has 0 aliphatic carbocycles. The zero-order valence-electron chi connectivity index (χ0n) is 30.2. The number of aryl methyl sites for hydroxylation is 1. The molecule has 4 aliphatic heterocycles. The van der Waals surface area contributed by atoms with Crippen LogP contribution < -0.4 is 10.6 Å². The van der Waals surface area contributed by atoms with Crippen LogP contribution in [0.5, 0.6) is 0 Å². The van der Waals surface area contributed by atoms with Crippen LogP contribution in [-0.2, 0) is 27.3 Å². The smallest absolute Gasteiger partial charge is 0.322 e. The number of likely N-dealkylation sites (tertiary alicyclic amines) is 2. The number of carbonyl (C=O) groups is 4. The lowest BCUT2D eigenvalue weighted by atomic mass is 9.98. The monoisotopic (exact) mass is 765 g/mol. The van der Waals surface area contributed by atoms with Gasteiger partial charge in [-0.15, -0.1) is 0 Å². The Morgan fingerprint density at radius 3 is 2.27 bits per heavy atom. The summed E-state index contributed by atoms with van der Waals surface area (Å²) in [5, 5.41) is 6.15. The van der Waals surface area contributed by atoms with Gasteiger partial charge < -0.3 is 30.1 Å². The van der Waals surface area contributed by atoms with Gasteiger partial charge in [0.25, 0.3) is 0 Å². The Hall–Kier alpha value is -3.68. The second-order valence-electron chi connectivity index (χ2n) is 14.3. The number of fused-ring (bicyclic) bond motifs is 1. The van der Waals surface area contributed by atoms with Gasteiger partial charge in [-0.05, 0) is 80.8 Å². The normalized spacial score (nSPS) is 20.1. The van der Waals surface area contributed by atoms with Crippen LogP contribution in [0.2, 0.25) is 0 Å². The molecular weight excluding hydrogens is 714 g/mol. The lowest BCUT2D eigenvalue weighted by Gasteiger charge is -2.43. The van der Waals surface area contributed by atoms with Crippen LogP contribution in [0.25, 0.3) is 0 Å². The first kappa shape index (κ1) is 37.1. The maximum absolute atomic E-state index is 14.2. The minimum absolute atomic E-state index is 0.0366. The Morgan fingerprint density at radius 2 is 1.59 bits per heavy atom. The van der Waals surface area contributed by atoms with E-state index >= 15 is 0 Å². The van der Waals surface area contributed by atoms with Crippen molar-refractivity contribution in [3.8, 4) is 0 Å². The summed E-state index contributed by atoms with van der Waals surface area (Å²) in [4.78, 5) is 63.1. The number of amides is 5. The third kappa shape index (κ3) is 9.04. The van der Waals surface area contributed by atoms with Crippen LogP contribution in [0.4, 0.5) is 15.3 Å². The Labute approximate surface area is 309 Å². The van der Waals surface area contributed by atoms with Gasteiger partial charge in [0.05, 0.1) is 13.2 Å². The summed E-state index contributed by atoms with van der Waals surface area (Å²) in [5.41, 5.74) is 5.23. The number of benzene rings is 2. The molecule has 6 rings (SSSR count). The number of carbonyl (C=O) groups excluding carboxylic acids is 4. The minimum Gasteiger partial charge on any atom is -0.465 e. The van der Waals surface area contributed by atoms with Crippen molar-refractivity contribution in [2.75, 3.05) is 70.8 Å². The minimum atomic E-state index is -0.698. The first-order chi connectivity index (χ1) is 24.6. The number of esters is 1. The number of nitrogens with one attached hydrogen (secondary N) is 2. The Morgan fingerprint density at radius 1 is 0.922 bits per heavy atom. The highest BCUT2D eigenvalue weighted by molar-refractivity contribution is 9.10. The lowest BCUT2D eigenvalue weighted by molar-refractivity contribution is -0.145. The fourth-order valence-corrected chi connectivity index (χ4v) is 8.53. The summed E-state index contributed by atoms with van der Waals surface area (Å²) in [6.07, 6.45) is 3.51. The number of urea groups is 2. The molecule has 1 unspecified atom stereocenters. The van der Waals surface area contributed by atoms with Gasteiger partial charge in [-0.1, -0.05) is 40.2 Å². The van der Waals surface area contributed by atoms with E-state index in [-0.39, 0.29) is 30.0 Å². The number of hydrogen-bond donors (Lipinski definition) is 2. The molecule has 276 valence electrons. The summed E-state index contributed by atoms with van der Waals surface area (Å²) >= 11 is 3.68. The van der Waals surface area contributed by atoms with Gasteiger partial charge in [0, 0.05) is 87.6 Å². The van der Waals surface area contributed by atoms with Gasteiger partial charge in [-0.3, -0.25) is 19.4 Å². The van der Waals surface area contributed by atoms with E-state index in [1.807, 2.05) is 41.0 Å². The predicted molar refractivity (Wildman–Crippen MR) is 199 cm³/mol. The molecule has 12 nitrogen and oxygen atoms in total.